The highest BCUT2D eigenvalue weighted by atomic mass is 19.1. The van der Waals surface area contributed by atoms with E-state index in [4.69, 9.17) is 15.0 Å². The van der Waals surface area contributed by atoms with Crippen LogP contribution in [0.15, 0.2) is 16.7 Å². The highest BCUT2D eigenvalue weighted by Crippen LogP contribution is 2.38. The Kier molecular flexibility index (Phi) is 16.7. The number of benzene rings is 1. The molecule has 1 amide bonds. The Morgan fingerprint density at radius 1 is 0.919 bits per heavy atom. The molecule has 4 unspecified atom stereocenters. The fourth-order valence-electron chi connectivity index (χ4n) is 7.78. The summed E-state index contributed by atoms with van der Waals surface area (Å²) < 4.78 is 53.7. The Balaban J connectivity index is 0.000000170. The highest BCUT2D eigenvalue weighted by Gasteiger charge is 2.35. The molecule has 3 aliphatic heterocycles. The van der Waals surface area contributed by atoms with Crippen molar-refractivity contribution in [3.8, 4) is 11.5 Å². The van der Waals surface area contributed by atoms with E-state index in [-0.39, 0.29) is 30.5 Å². The molecule has 3 aliphatic carbocycles. The molecule has 4 atom stereocenters. The van der Waals surface area contributed by atoms with Crippen LogP contribution >= 0.6 is 0 Å². The van der Waals surface area contributed by atoms with Crippen molar-refractivity contribution in [2.45, 2.75) is 142 Å². The van der Waals surface area contributed by atoms with Crippen LogP contribution in [-0.2, 0) is 9.53 Å². The number of nitrogens with two attached hydrogens (primary N) is 1. The molecule has 344 valence electrons. The third-order valence-corrected chi connectivity index (χ3v) is 12.2. The minimum atomic E-state index is -1.15. The lowest BCUT2D eigenvalue weighted by Gasteiger charge is -2.37. The lowest BCUT2D eigenvalue weighted by molar-refractivity contribution is -0.108. The van der Waals surface area contributed by atoms with E-state index in [1.54, 1.807) is 27.7 Å². The number of hydrogen-bond acceptors (Lipinski definition) is 12. The van der Waals surface area contributed by atoms with Gasteiger partial charge in [-0.2, -0.15) is 4.98 Å². The molecule has 0 radical (unpaired) electrons. The number of aryl methyl sites for hydroxylation is 3. The van der Waals surface area contributed by atoms with Crippen molar-refractivity contribution < 1.29 is 32.0 Å². The number of ether oxygens (including phenoxy) is 1. The number of aromatic nitrogens is 3. The van der Waals surface area contributed by atoms with Crippen molar-refractivity contribution in [2.75, 3.05) is 57.3 Å². The molecule has 5 heterocycles. The Hall–Kier alpha value is -3.86. The third-order valence-electron chi connectivity index (χ3n) is 12.2. The molecule has 3 saturated carbocycles. The first-order valence-electron chi connectivity index (χ1n) is 22.9. The SMILES string of the molecule is C1CC(NCC2CC2)CCN1.CC(C)(C)OC(=O)N1CCC(N)C(F)C1.Cc1cc(F)c2nc(N3CCC(NCC4CC4)C(F)C3)c(-c3nc(C)no3)c(C)c2c1.O=CC1CC1. The normalized spacial score (nSPS) is 24.2. The number of nitrogens with zero attached hydrogens (tertiary/aromatic N) is 5. The number of pyridine rings is 1. The lowest BCUT2D eigenvalue weighted by Crippen LogP contribution is -2.51. The number of rotatable bonds is 9. The first kappa shape index (κ1) is 47.6. The topological polar surface area (TPSA) is 164 Å². The smallest absolute Gasteiger partial charge is 0.410 e. The van der Waals surface area contributed by atoms with Gasteiger partial charge in [-0.3, -0.25) is 0 Å². The van der Waals surface area contributed by atoms with Crippen molar-refractivity contribution in [1.82, 2.24) is 36.0 Å². The maximum absolute atomic E-state index is 15.1. The van der Waals surface area contributed by atoms with Crippen molar-refractivity contribution in [3.63, 3.8) is 0 Å². The fourth-order valence-corrected chi connectivity index (χ4v) is 7.78. The van der Waals surface area contributed by atoms with Crippen LogP contribution in [0.3, 0.4) is 0 Å². The quantitative estimate of drug-likeness (QED) is 0.165. The van der Waals surface area contributed by atoms with Crippen LogP contribution in [-0.4, -0.2) is 121 Å². The zero-order valence-corrected chi connectivity index (χ0v) is 37.7. The molecule has 6 fully saturated rings. The van der Waals surface area contributed by atoms with Gasteiger partial charge in [-0.05, 0) is 167 Å². The number of carbonyl (C=O) groups excluding carboxylic acids is 2. The van der Waals surface area contributed by atoms with E-state index in [9.17, 15) is 18.4 Å². The monoisotopic (exact) mass is 870 g/mol. The first-order valence-corrected chi connectivity index (χ1v) is 22.9. The molecule has 16 heteroatoms. The van der Waals surface area contributed by atoms with E-state index in [1.807, 2.05) is 24.8 Å². The molecule has 62 heavy (non-hydrogen) atoms. The average molecular weight is 870 g/mol. The predicted octanol–water partition coefficient (Wildman–Crippen LogP) is 6.89. The van der Waals surface area contributed by atoms with E-state index < -0.39 is 30.1 Å². The zero-order chi connectivity index (χ0) is 44.6. The summed E-state index contributed by atoms with van der Waals surface area (Å²) in [6, 6.07) is 3.58. The van der Waals surface area contributed by atoms with Crippen LogP contribution in [0.5, 0.6) is 0 Å². The molecule has 0 bridgehead atoms. The minimum absolute atomic E-state index is 0.0378. The number of hydrogen-bond donors (Lipinski definition) is 4. The number of alkyl halides is 2. The van der Waals surface area contributed by atoms with Gasteiger partial charge in [0.25, 0.3) is 5.89 Å². The number of carbonyl (C=O) groups is 2. The maximum atomic E-state index is 15.1. The van der Waals surface area contributed by atoms with Crippen molar-refractivity contribution in [1.29, 1.82) is 0 Å². The minimum Gasteiger partial charge on any atom is -0.444 e. The Labute approximate surface area is 365 Å². The summed E-state index contributed by atoms with van der Waals surface area (Å²) in [5.74, 6) is 3.13. The lowest BCUT2D eigenvalue weighted by atomic mass is 9.98. The molecule has 1 aromatic carbocycles. The van der Waals surface area contributed by atoms with Crippen molar-refractivity contribution >= 4 is 29.1 Å². The van der Waals surface area contributed by atoms with Gasteiger partial charge >= 0.3 is 6.09 Å². The van der Waals surface area contributed by atoms with Gasteiger partial charge < -0.3 is 45.5 Å². The molecule has 9 rings (SSSR count). The number of anilines is 1. The largest absolute Gasteiger partial charge is 0.444 e. The van der Waals surface area contributed by atoms with Gasteiger partial charge in [-0.1, -0.05) is 5.16 Å². The van der Waals surface area contributed by atoms with E-state index >= 15 is 4.39 Å². The van der Waals surface area contributed by atoms with Gasteiger partial charge in [0.05, 0.1) is 18.7 Å². The van der Waals surface area contributed by atoms with E-state index in [0.29, 0.717) is 66.2 Å². The van der Waals surface area contributed by atoms with Crippen LogP contribution < -0.4 is 26.6 Å². The molecular formula is C46H70F3N9O4. The van der Waals surface area contributed by atoms with Crippen LogP contribution in [0.4, 0.5) is 23.8 Å². The van der Waals surface area contributed by atoms with E-state index in [2.05, 4.69) is 31.1 Å². The molecule has 0 spiro atoms. The summed E-state index contributed by atoms with van der Waals surface area (Å²) in [5.41, 5.74) is 7.51. The zero-order valence-electron chi connectivity index (χ0n) is 37.7. The molecule has 2 aromatic heterocycles. The second-order valence-corrected chi connectivity index (χ2v) is 19.2. The summed E-state index contributed by atoms with van der Waals surface area (Å²) >= 11 is 0. The average Bonchev–Trinajstić information content (AvgIpc) is 4.11. The van der Waals surface area contributed by atoms with Gasteiger partial charge in [0, 0.05) is 42.5 Å². The maximum Gasteiger partial charge on any atom is 0.410 e. The highest BCUT2D eigenvalue weighted by molar-refractivity contribution is 5.93. The molecule has 3 saturated heterocycles. The van der Waals surface area contributed by atoms with Gasteiger partial charge in [0.15, 0.2) is 5.82 Å². The summed E-state index contributed by atoms with van der Waals surface area (Å²) in [6.07, 6.45) is 9.88. The number of halogens is 3. The fraction of sp³-hybridized carbons (Fsp3) is 0.717. The molecule has 6 aliphatic rings. The van der Waals surface area contributed by atoms with E-state index in [1.165, 1.54) is 69.1 Å². The number of likely N-dealkylation sites (tertiary alicyclic amines) is 1. The van der Waals surface area contributed by atoms with Crippen LogP contribution in [0.1, 0.15) is 102 Å². The van der Waals surface area contributed by atoms with E-state index in [0.717, 1.165) is 48.8 Å². The summed E-state index contributed by atoms with van der Waals surface area (Å²) in [5, 5.41) is 15.0. The Morgan fingerprint density at radius 3 is 2.15 bits per heavy atom. The summed E-state index contributed by atoms with van der Waals surface area (Å²) in [6.45, 7) is 16.8. The summed E-state index contributed by atoms with van der Waals surface area (Å²) in [4.78, 5) is 33.5. The van der Waals surface area contributed by atoms with Crippen LogP contribution in [0.2, 0.25) is 0 Å². The number of fused-ring (bicyclic) bond motifs is 1. The number of nitrogens with one attached hydrogen (secondary N) is 3. The molecule has 3 aromatic rings. The van der Waals surface area contributed by atoms with Gasteiger partial charge in [0.1, 0.15) is 41.4 Å². The second kappa shape index (κ2) is 21.7. The summed E-state index contributed by atoms with van der Waals surface area (Å²) in [7, 11) is 0. The third kappa shape index (κ3) is 14.3. The standard InChI is InChI=1S/C23H27F2N5O.C10H19FN2O2.C9H18N2.C4H6O/c1-12-8-16-13(2)20(23-27-14(3)29-31-23)22(28-21(16)17(24)9-12)30-7-6-19(18(25)11-30)26-10-15-4-5-15;1-10(2,3)15-9(14)13-5-4-8(12)7(11)6-13;1-2-8(1)7-11-9-3-5-10-6-4-9;5-3-4-1-2-4/h8-9,15,18-19,26H,4-7,10-11H2,1-3H3;7-8H,4-6,12H2,1-3H3;8-11H,1-7H2;3-4H,1-2H2. The van der Waals surface area contributed by atoms with Gasteiger partial charge in [-0.15, -0.1) is 0 Å². The second-order valence-electron chi connectivity index (χ2n) is 19.2. The molecular weight excluding hydrogens is 800 g/mol. The first-order chi connectivity index (χ1) is 29.6. The molecule has 13 nitrogen and oxygen atoms in total. The van der Waals surface area contributed by atoms with Crippen LogP contribution in [0, 0.1) is 44.3 Å². The van der Waals surface area contributed by atoms with Crippen molar-refractivity contribution in [2.24, 2.45) is 23.5 Å². The number of amides is 1. The Morgan fingerprint density at radius 2 is 1.60 bits per heavy atom. The molecule has 5 N–H and O–H groups in total. The Bertz CT molecular complexity index is 1930. The number of aldehydes is 1. The van der Waals surface area contributed by atoms with Crippen molar-refractivity contribution in [3.05, 3.63) is 34.9 Å². The van der Waals surface area contributed by atoms with Gasteiger partial charge in [-0.25, -0.2) is 22.9 Å². The van der Waals surface area contributed by atoms with Crippen LogP contribution in [0.25, 0.3) is 22.4 Å². The number of piperidine rings is 3. The van der Waals surface area contributed by atoms with Gasteiger partial charge in [0.2, 0.25) is 0 Å². The predicted molar refractivity (Wildman–Crippen MR) is 236 cm³/mol.